The highest BCUT2D eigenvalue weighted by atomic mass is 16.5. The number of amides is 5. The molecule has 1 aliphatic heterocycles. The van der Waals surface area contributed by atoms with Crippen LogP contribution < -0.4 is 25.0 Å². The zero-order chi connectivity index (χ0) is 27.4. The van der Waals surface area contributed by atoms with Crippen molar-refractivity contribution in [1.82, 2.24) is 5.32 Å². The van der Waals surface area contributed by atoms with Gasteiger partial charge in [-0.15, -0.1) is 0 Å². The number of nitrogens with one attached hydrogen (secondary N) is 2. The maximum atomic E-state index is 13.3. The van der Waals surface area contributed by atoms with Crippen LogP contribution in [0.3, 0.4) is 0 Å². The fourth-order valence-corrected chi connectivity index (χ4v) is 3.86. The Hall–Kier alpha value is -4.92. The van der Waals surface area contributed by atoms with Crippen molar-refractivity contribution >= 4 is 41.2 Å². The molecule has 0 unspecified atom stereocenters. The minimum absolute atomic E-state index is 0.214. The van der Waals surface area contributed by atoms with Crippen molar-refractivity contribution in [1.29, 1.82) is 0 Å². The Morgan fingerprint density at radius 1 is 0.974 bits per heavy atom. The number of methoxy groups -OCH3 is 1. The summed E-state index contributed by atoms with van der Waals surface area (Å²) in [4.78, 5) is 52.0. The molecular formula is C29H27N3O6. The van der Waals surface area contributed by atoms with E-state index < -0.39 is 23.8 Å². The Kier molecular flexibility index (Phi) is 7.57. The summed E-state index contributed by atoms with van der Waals surface area (Å²) >= 11 is 0. The zero-order valence-electron chi connectivity index (χ0n) is 21.5. The lowest BCUT2D eigenvalue weighted by molar-refractivity contribution is -0.122. The molecule has 9 heteroatoms. The molecular weight excluding hydrogens is 486 g/mol. The van der Waals surface area contributed by atoms with Crippen molar-refractivity contribution in [3.05, 3.63) is 88.5 Å². The number of hydrogen-bond acceptors (Lipinski definition) is 6. The van der Waals surface area contributed by atoms with E-state index >= 15 is 0 Å². The highest BCUT2D eigenvalue weighted by molar-refractivity contribution is 6.39. The molecule has 2 N–H and O–H groups in total. The van der Waals surface area contributed by atoms with Gasteiger partial charge in [0.25, 0.3) is 17.7 Å². The third kappa shape index (κ3) is 5.73. The molecule has 194 valence electrons. The molecule has 4 rings (SSSR count). The van der Waals surface area contributed by atoms with Gasteiger partial charge in [0.05, 0.1) is 12.8 Å². The van der Waals surface area contributed by atoms with E-state index in [0.29, 0.717) is 22.7 Å². The van der Waals surface area contributed by atoms with Crippen molar-refractivity contribution in [2.45, 2.75) is 20.8 Å². The van der Waals surface area contributed by atoms with E-state index in [9.17, 15) is 19.2 Å². The lowest BCUT2D eigenvalue weighted by Crippen LogP contribution is -2.54. The van der Waals surface area contributed by atoms with Gasteiger partial charge < -0.3 is 14.8 Å². The molecule has 0 atom stereocenters. The Labute approximate surface area is 220 Å². The first kappa shape index (κ1) is 26.2. The van der Waals surface area contributed by atoms with E-state index in [4.69, 9.17) is 9.47 Å². The lowest BCUT2D eigenvalue weighted by atomic mass is 10.0. The quantitative estimate of drug-likeness (QED) is 0.360. The molecule has 0 aromatic heterocycles. The monoisotopic (exact) mass is 513 g/mol. The van der Waals surface area contributed by atoms with Gasteiger partial charge in [0.15, 0.2) is 6.61 Å². The second-order valence-electron chi connectivity index (χ2n) is 8.84. The molecule has 0 spiro atoms. The first-order chi connectivity index (χ1) is 18.2. The van der Waals surface area contributed by atoms with Crippen LogP contribution >= 0.6 is 0 Å². The van der Waals surface area contributed by atoms with E-state index in [1.807, 2.05) is 39.0 Å². The molecule has 0 radical (unpaired) electrons. The van der Waals surface area contributed by atoms with Gasteiger partial charge in [-0.25, -0.2) is 9.69 Å². The average molecular weight is 514 g/mol. The smallest absolute Gasteiger partial charge is 0.335 e. The van der Waals surface area contributed by atoms with E-state index in [1.54, 1.807) is 42.5 Å². The molecule has 9 nitrogen and oxygen atoms in total. The number of imide groups is 2. The molecule has 1 heterocycles. The highest BCUT2D eigenvalue weighted by Gasteiger charge is 2.37. The molecule has 38 heavy (non-hydrogen) atoms. The molecule has 1 aliphatic rings. The number of carbonyl (C=O) groups excluding carboxylic acids is 4. The maximum Gasteiger partial charge on any atom is 0.335 e. The average Bonchev–Trinajstić information content (AvgIpc) is 2.87. The number of ether oxygens (including phenoxy) is 2. The summed E-state index contributed by atoms with van der Waals surface area (Å²) in [6.07, 6.45) is 1.32. The van der Waals surface area contributed by atoms with Crippen LogP contribution in [-0.4, -0.2) is 37.5 Å². The summed E-state index contributed by atoms with van der Waals surface area (Å²) in [6.45, 7) is 5.37. The predicted octanol–water partition coefficient (Wildman–Crippen LogP) is 4.30. The number of rotatable bonds is 7. The summed E-state index contributed by atoms with van der Waals surface area (Å²) in [5.41, 5.74) is 3.94. The molecule has 3 aromatic rings. The SMILES string of the molecule is COc1ccc(/C=C2\C(=O)NC(=O)N(c3ccc(C)c(C)c3)C2=O)c(OCC(=O)Nc2cccc(C)c2)c1. The van der Waals surface area contributed by atoms with Gasteiger partial charge in [-0.3, -0.25) is 19.7 Å². The van der Waals surface area contributed by atoms with Gasteiger partial charge in [-0.1, -0.05) is 18.2 Å². The predicted molar refractivity (Wildman–Crippen MR) is 143 cm³/mol. The van der Waals surface area contributed by atoms with Gasteiger partial charge in [0, 0.05) is 17.3 Å². The highest BCUT2D eigenvalue weighted by Crippen LogP contribution is 2.29. The Morgan fingerprint density at radius 2 is 1.76 bits per heavy atom. The second kappa shape index (κ2) is 11.0. The number of carbonyl (C=O) groups is 4. The topological polar surface area (TPSA) is 114 Å². The van der Waals surface area contributed by atoms with Crippen LogP contribution in [0.1, 0.15) is 22.3 Å². The number of anilines is 2. The molecule has 0 aliphatic carbocycles. The number of aryl methyl sites for hydroxylation is 3. The van der Waals surface area contributed by atoms with E-state index in [1.165, 1.54) is 13.2 Å². The Balaban J connectivity index is 1.61. The molecule has 0 bridgehead atoms. The van der Waals surface area contributed by atoms with Gasteiger partial charge in [0.1, 0.15) is 17.1 Å². The van der Waals surface area contributed by atoms with Crippen molar-refractivity contribution in [2.24, 2.45) is 0 Å². The zero-order valence-corrected chi connectivity index (χ0v) is 21.5. The van der Waals surface area contributed by atoms with E-state index in [-0.39, 0.29) is 17.9 Å². The van der Waals surface area contributed by atoms with E-state index in [2.05, 4.69) is 10.6 Å². The number of barbiturate groups is 1. The van der Waals surface area contributed by atoms with Crippen LogP contribution in [0.25, 0.3) is 6.08 Å². The van der Waals surface area contributed by atoms with Crippen molar-refractivity contribution < 1.29 is 28.7 Å². The number of nitrogens with zero attached hydrogens (tertiary/aromatic N) is 1. The van der Waals surface area contributed by atoms with Crippen LogP contribution in [-0.2, 0) is 14.4 Å². The van der Waals surface area contributed by atoms with Crippen molar-refractivity contribution in [2.75, 3.05) is 23.9 Å². The Bertz CT molecular complexity index is 1480. The molecule has 1 saturated heterocycles. The van der Waals surface area contributed by atoms with Gasteiger partial charge in [-0.2, -0.15) is 0 Å². The van der Waals surface area contributed by atoms with Crippen LogP contribution in [0.4, 0.5) is 16.2 Å². The van der Waals surface area contributed by atoms with Crippen molar-refractivity contribution in [3.63, 3.8) is 0 Å². The molecule has 3 aromatic carbocycles. The fraction of sp³-hybridized carbons (Fsp3) is 0.172. The summed E-state index contributed by atoms with van der Waals surface area (Å²) in [5.74, 6) is -1.34. The van der Waals surface area contributed by atoms with Crippen LogP contribution in [0, 0.1) is 20.8 Å². The van der Waals surface area contributed by atoms with Crippen LogP contribution in [0.5, 0.6) is 11.5 Å². The summed E-state index contributed by atoms with van der Waals surface area (Å²) in [6, 6.07) is 16.4. The first-order valence-electron chi connectivity index (χ1n) is 11.8. The van der Waals surface area contributed by atoms with E-state index in [0.717, 1.165) is 21.6 Å². The third-order valence-electron chi connectivity index (χ3n) is 6.03. The molecule has 5 amide bonds. The Morgan fingerprint density at radius 3 is 2.47 bits per heavy atom. The van der Waals surface area contributed by atoms with Crippen LogP contribution in [0.15, 0.2) is 66.2 Å². The third-order valence-corrected chi connectivity index (χ3v) is 6.03. The van der Waals surface area contributed by atoms with Gasteiger partial charge >= 0.3 is 6.03 Å². The number of benzene rings is 3. The minimum Gasteiger partial charge on any atom is -0.497 e. The molecule has 0 saturated carbocycles. The van der Waals surface area contributed by atoms with Gasteiger partial charge in [0.2, 0.25) is 0 Å². The minimum atomic E-state index is -0.834. The number of urea groups is 1. The summed E-state index contributed by atoms with van der Waals surface area (Å²) < 4.78 is 11.0. The van der Waals surface area contributed by atoms with Crippen molar-refractivity contribution in [3.8, 4) is 11.5 Å². The number of hydrogen-bond donors (Lipinski definition) is 2. The lowest BCUT2D eigenvalue weighted by Gasteiger charge is -2.27. The maximum absolute atomic E-state index is 13.3. The largest absolute Gasteiger partial charge is 0.497 e. The van der Waals surface area contributed by atoms with Crippen LogP contribution in [0.2, 0.25) is 0 Å². The first-order valence-corrected chi connectivity index (χ1v) is 11.8. The fourth-order valence-electron chi connectivity index (χ4n) is 3.86. The van der Waals surface area contributed by atoms with Gasteiger partial charge in [-0.05, 0) is 79.9 Å². The summed E-state index contributed by atoms with van der Waals surface area (Å²) in [7, 11) is 1.48. The second-order valence-corrected chi connectivity index (χ2v) is 8.84. The normalized spacial score (nSPS) is 14.4. The molecule has 1 fully saturated rings. The standard InChI is InChI=1S/C29H27N3O6/c1-17-6-5-7-21(12-17)30-26(33)16-38-25-15-23(37-4)11-9-20(25)14-24-27(34)31-29(36)32(28(24)35)22-10-8-18(2)19(3)13-22/h5-15H,16H2,1-4H3,(H,30,33)(H,31,34,36)/b24-14+. The summed E-state index contributed by atoms with van der Waals surface area (Å²) in [5, 5.41) is 4.98.